The Hall–Kier alpha value is -4.07. The highest BCUT2D eigenvalue weighted by molar-refractivity contribution is 6.56. The van der Waals surface area contributed by atoms with E-state index in [1.54, 1.807) is 6.07 Å². The predicted molar refractivity (Wildman–Crippen MR) is 163 cm³/mol. The average molecular weight is 547 g/mol. The molecule has 1 fully saturated rings. The second-order valence-electron chi connectivity index (χ2n) is 11.7. The van der Waals surface area contributed by atoms with Crippen LogP contribution in [0.2, 0.25) is 0 Å². The van der Waals surface area contributed by atoms with Crippen LogP contribution in [-0.4, -0.2) is 42.7 Å². The maximum absolute atomic E-state index is 13.0. The van der Waals surface area contributed by atoms with Gasteiger partial charge in [0.2, 0.25) is 0 Å². The standard InChI is InChI=1S/C34H34BNO5/c1-33(2)34(3,4)41-35(40-33)23(19-22-17-18-31(37)29-16-10-5-11-24(22)29)20-36-32(38)39-21-30-27-14-8-6-12-25(27)26-13-7-9-15-28(26)30/h5-19,30,37H,20-21H2,1-4H3,(H,36,38). The van der Waals surface area contributed by atoms with Crippen molar-refractivity contribution in [1.82, 2.24) is 5.32 Å². The summed E-state index contributed by atoms with van der Waals surface area (Å²) in [5.41, 5.74) is 5.24. The van der Waals surface area contributed by atoms with Gasteiger partial charge in [-0.3, -0.25) is 0 Å². The Morgan fingerprint density at radius 2 is 1.41 bits per heavy atom. The number of carbonyl (C=O) groups is 1. The number of carbonyl (C=O) groups excluding carboxylic acids is 1. The molecule has 0 atom stereocenters. The van der Waals surface area contributed by atoms with Crippen molar-refractivity contribution in [2.24, 2.45) is 0 Å². The lowest BCUT2D eigenvalue weighted by Gasteiger charge is -2.32. The fourth-order valence-corrected chi connectivity index (χ4v) is 5.65. The molecule has 4 aromatic carbocycles. The molecule has 208 valence electrons. The molecule has 0 spiro atoms. The van der Waals surface area contributed by atoms with E-state index in [9.17, 15) is 9.90 Å². The van der Waals surface area contributed by atoms with Crippen molar-refractivity contribution in [3.05, 3.63) is 107 Å². The van der Waals surface area contributed by atoms with E-state index < -0.39 is 24.4 Å². The Morgan fingerprint density at radius 3 is 2.05 bits per heavy atom. The first kappa shape index (κ1) is 27.1. The van der Waals surface area contributed by atoms with E-state index in [1.807, 2.05) is 88.4 Å². The molecule has 4 aromatic rings. The molecule has 0 saturated carbocycles. The van der Waals surface area contributed by atoms with Crippen molar-refractivity contribution in [3.63, 3.8) is 0 Å². The van der Waals surface area contributed by atoms with Gasteiger partial charge in [0.15, 0.2) is 0 Å². The molecule has 1 aliphatic heterocycles. The van der Waals surface area contributed by atoms with Gasteiger partial charge >= 0.3 is 13.2 Å². The first-order valence-electron chi connectivity index (χ1n) is 14.0. The summed E-state index contributed by atoms with van der Waals surface area (Å²) in [5.74, 6) is 0.196. The minimum absolute atomic E-state index is 0.0189. The van der Waals surface area contributed by atoms with E-state index in [4.69, 9.17) is 14.0 Å². The zero-order valence-electron chi connectivity index (χ0n) is 23.8. The van der Waals surface area contributed by atoms with Crippen LogP contribution in [-0.2, 0) is 14.0 Å². The number of hydrogen-bond acceptors (Lipinski definition) is 5. The number of aromatic hydroxyl groups is 1. The van der Waals surface area contributed by atoms with Gasteiger partial charge in [-0.15, -0.1) is 0 Å². The van der Waals surface area contributed by atoms with Crippen molar-refractivity contribution in [2.75, 3.05) is 13.2 Å². The summed E-state index contributed by atoms with van der Waals surface area (Å²) in [7, 11) is -0.665. The van der Waals surface area contributed by atoms with Crippen molar-refractivity contribution >= 4 is 30.1 Å². The second-order valence-corrected chi connectivity index (χ2v) is 11.7. The molecule has 0 unspecified atom stereocenters. The van der Waals surface area contributed by atoms with E-state index in [-0.39, 0.29) is 24.8 Å². The number of fused-ring (bicyclic) bond motifs is 4. The molecule has 6 rings (SSSR count). The van der Waals surface area contributed by atoms with Crippen LogP contribution in [0.15, 0.2) is 90.4 Å². The molecule has 41 heavy (non-hydrogen) atoms. The number of hydrogen-bond donors (Lipinski definition) is 2. The average Bonchev–Trinajstić information content (AvgIpc) is 3.40. The molecular weight excluding hydrogens is 513 g/mol. The molecular formula is C34H34BNO5. The maximum Gasteiger partial charge on any atom is 0.492 e. The van der Waals surface area contributed by atoms with Crippen molar-refractivity contribution < 1.29 is 23.9 Å². The molecule has 0 radical (unpaired) electrons. The van der Waals surface area contributed by atoms with Gasteiger partial charge in [-0.05, 0) is 72.4 Å². The minimum atomic E-state index is -0.665. The summed E-state index contributed by atoms with van der Waals surface area (Å²) >= 11 is 0. The van der Waals surface area contributed by atoms with E-state index in [0.717, 1.165) is 21.8 Å². The number of benzene rings is 4. The highest BCUT2D eigenvalue weighted by atomic mass is 16.7. The largest absolute Gasteiger partial charge is 0.507 e. The molecule has 7 heteroatoms. The van der Waals surface area contributed by atoms with E-state index >= 15 is 0 Å². The van der Waals surface area contributed by atoms with Crippen LogP contribution >= 0.6 is 0 Å². The maximum atomic E-state index is 13.0. The number of ether oxygens (including phenoxy) is 1. The molecule has 1 saturated heterocycles. The predicted octanol–water partition coefficient (Wildman–Crippen LogP) is 7.10. The van der Waals surface area contributed by atoms with E-state index in [0.29, 0.717) is 0 Å². The lowest BCUT2D eigenvalue weighted by Crippen LogP contribution is -2.41. The molecule has 6 nitrogen and oxygen atoms in total. The number of amides is 1. The molecule has 2 aliphatic rings. The van der Waals surface area contributed by atoms with E-state index in [2.05, 4.69) is 29.6 Å². The summed E-state index contributed by atoms with van der Waals surface area (Å²) in [5, 5.41) is 15.0. The smallest absolute Gasteiger partial charge is 0.492 e. The van der Waals surface area contributed by atoms with Crippen LogP contribution in [0.4, 0.5) is 4.79 Å². The van der Waals surface area contributed by atoms with Gasteiger partial charge in [0, 0.05) is 17.8 Å². The van der Waals surface area contributed by atoms with Gasteiger partial charge in [-0.25, -0.2) is 4.79 Å². The molecule has 0 bridgehead atoms. The van der Waals surface area contributed by atoms with Crippen LogP contribution in [0.1, 0.15) is 50.3 Å². The van der Waals surface area contributed by atoms with Crippen LogP contribution in [0.5, 0.6) is 5.75 Å². The molecule has 1 aliphatic carbocycles. The SMILES string of the molecule is CC1(C)OB(C(=Cc2ccc(O)c3ccccc23)CNC(=O)OCC2c3ccccc3-c3ccccc32)OC1(C)C. The molecule has 2 N–H and O–H groups in total. The van der Waals surface area contributed by atoms with Crippen molar-refractivity contribution in [1.29, 1.82) is 0 Å². The van der Waals surface area contributed by atoms with Crippen molar-refractivity contribution in [2.45, 2.75) is 44.8 Å². The van der Waals surface area contributed by atoms with E-state index in [1.165, 1.54) is 22.3 Å². The van der Waals surface area contributed by atoms with Gasteiger partial charge in [-0.1, -0.05) is 84.9 Å². The van der Waals surface area contributed by atoms with Crippen LogP contribution in [0.3, 0.4) is 0 Å². The highest BCUT2D eigenvalue weighted by Crippen LogP contribution is 2.44. The molecule has 1 heterocycles. The number of phenolic OH excluding ortho intramolecular Hbond substituents is 1. The third-order valence-corrected chi connectivity index (χ3v) is 8.61. The fraction of sp³-hybridized carbons (Fsp3) is 0.265. The number of phenols is 1. The molecule has 1 amide bonds. The second kappa shape index (κ2) is 10.4. The zero-order valence-corrected chi connectivity index (χ0v) is 23.8. The Balaban J connectivity index is 1.22. The van der Waals surface area contributed by atoms with Gasteiger partial charge in [0.05, 0.1) is 11.2 Å². The monoisotopic (exact) mass is 547 g/mol. The third-order valence-electron chi connectivity index (χ3n) is 8.61. The first-order chi connectivity index (χ1) is 19.6. The van der Waals surface area contributed by atoms with Gasteiger partial charge in [-0.2, -0.15) is 0 Å². The highest BCUT2D eigenvalue weighted by Gasteiger charge is 2.52. The number of rotatable bonds is 6. The first-order valence-corrected chi connectivity index (χ1v) is 14.0. The Labute approximate surface area is 241 Å². The fourth-order valence-electron chi connectivity index (χ4n) is 5.65. The lowest BCUT2D eigenvalue weighted by atomic mass is 9.76. The Kier molecular flexibility index (Phi) is 6.88. The topological polar surface area (TPSA) is 77.0 Å². The summed E-state index contributed by atoms with van der Waals surface area (Å²) < 4.78 is 18.5. The van der Waals surface area contributed by atoms with Crippen molar-refractivity contribution in [3.8, 4) is 16.9 Å². The normalized spacial score (nSPS) is 17.4. The van der Waals surface area contributed by atoms with Crippen LogP contribution in [0.25, 0.3) is 28.0 Å². The van der Waals surface area contributed by atoms with Crippen LogP contribution in [0, 0.1) is 0 Å². The Morgan fingerprint density at radius 1 is 0.854 bits per heavy atom. The zero-order chi connectivity index (χ0) is 28.8. The molecule has 0 aromatic heterocycles. The third kappa shape index (κ3) is 5.00. The summed E-state index contributed by atoms with van der Waals surface area (Å²) in [6, 6.07) is 27.7. The minimum Gasteiger partial charge on any atom is -0.507 e. The quantitative estimate of drug-likeness (QED) is 0.252. The number of nitrogens with one attached hydrogen (secondary N) is 1. The summed E-state index contributed by atoms with van der Waals surface area (Å²) in [6.07, 6.45) is 1.46. The lowest BCUT2D eigenvalue weighted by molar-refractivity contribution is 0.00578. The summed E-state index contributed by atoms with van der Waals surface area (Å²) in [4.78, 5) is 13.0. The summed E-state index contributed by atoms with van der Waals surface area (Å²) in [6.45, 7) is 8.40. The number of alkyl carbamates (subject to hydrolysis) is 1. The van der Waals surface area contributed by atoms with Gasteiger partial charge < -0.3 is 24.5 Å². The van der Waals surface area contributed by atoms with Gasteiger partial charge in [0.25, 0.3) is 0 Å². The Bertz CT molecular complexity index is 1600. The van der Waals surface area contributed by atoms with Crippen LogP contribution < -0.4 is 5.32 Å². The van der Waals surface area contributed by atoms with Gasteiger partial charge in [0.1, 0.15) is 12.4 Å².